The van der Waals surface area contributed by atoms with E-state index in [1.807, 2.05) is 0 Å². The van der Waals surface area contributed by atoms with E-state index < -0.39 is 10.0 Å². The molecular formula is C20H29N3O4S. The fourth-order valence-corrected chi connectivity index (χ4v) is 5.38. The third-order valence-electron chi connectivity index (χ3n) is 5.41. The molecule has 2 amide bonds. The number of nitrogens with zero attached hydrogens (tertiary/aromatic N) is 1. The largest absolute Gasteiger partial charge is 0.353 e. The summed E-state index contributed by atoms with van der Waals surface area (Å²) < 4.78 is 26.7. The topological polar surface area (TPSA) is 95.6 Å². The highest BCUT2D eigenvalue weighted by Gasteiger charge is 2.27. The van der Waals surface area contributed by atoms with Crippen LogP contribution in [0.1, 0.15) is 61.7 Å². The molecular weight excluding hydrogens is 378 g/mol. The molecule has 1 saturated heterocycles. The molecule has 0 bridgehead atoms. The molecule has 0 unspecified atom stereocenters. The van der Waals surface area contributed by atoms with Gasteiger partial charge in [-0.3, -0.25) is 9.59 Å². The first kappa shape index (κ1) is 20.8. The van der Waals surface area contributed by atoms with Crippen molar-refractivity contribution < 1.29 is 18.0 Å². The zero-order valence-corrected chi connectivity index (χ0v) is 17.0. The van der Waals surface area contributed by atoms with Gasteiger partial charge in [-0.1, -0.05) is 25.3 Å². The normalized spacial score (nSPS) is 18.7. The van der Waals surface area contributed by atoms with E-state index >= 15 is 0 Å². The van der Waals surface area contributed by atoms with Crippen LogP contribution in [0.2, 0.25) is 0 Å². The summed E-state index contributed by atoms with van der Waals surface area (Å²) in [6.45, 7) is 1.27. The van der Waals surface area contributed by atoms with E-state index in [9.17, 15) is 18.0 Å². The zero-order valence-electron chi connectivity index (χ0n) is 16.2. The predicted octanol–water partition coefficient (Wildman–Crippen LogP) is 2.04. The molecule has 154 valence electrons. The Bertz CT molecular complexity index is 797. The first-order valence-corrected chi connectivity index (χ1v) is 11.6. The summed E-state index contributed by atoms with van der Waals surface area (Å²) >= 11 is 0. The fraction of sp³-hybridized carbons (Fsp3) is 0.600. The Morgan fingerprint density at radius 2 is 1.75 bits per heavy atom. The van der Waals surface area contributed by atoms with Gasteiger partial charge < -0.3 is 10.6 Å². The van der Waals surface area contributed by atoms with Crippen molar-refractivity contribution in [2.75, 3.05) is 19.6 Å². The Morgan fingerprint density at radius 3 is 2.46 bits per heavy atom. The second kappa shape index (κ2) is 9.52. The van der Waals surface area contributed by atoms with Crippen LogP contribution in [0.5, 0.6) is 0 Å². The first-order valence-electron chi connectivity index (χ1n) is 10.1. The van der Waals surface area contributed by atoms with Crippen molar-refractivity contribution >= 4 is 21.8 Å². The average molecular weight is 408 g/mol. The molecule has 0 atom stereocenters. The summed E-state index contributed by atoms with van der Waals surface area (Å²) in [7, 11) is -3.56. The standard InChI is InChI=1S/C20H29N3O4S/c24-19(22-17-8-2-1-3-9-17)11-12-21-20(25)16-7-6-10-18(15-16)28(26,27)23-13-4-5-14-23/h6-7,10,15,17H,1-5,8-9,11-14H2,(H,21,25)(H,22,24). The predicted molar refractivity (Wildman–Crippen MR) is 106 cm³/mol. The molecule has 0 aromatic heterocycles. The van der Waals surface area contributed by atoms with Crippen LogP contribution in [-0.2, 0) is 14.8 Å². The van der Waals surface area contributed by atoms with Crippen LogP contribution in [0.25, 0.3) is 0 Å². The summed E-state index contributed by atoms with van der Waals surface area (Å²) in [5, 5.41) is 5.72. The fourth-order valence-electron chi connectivity index (χ4n) is 3.81. The minimum atomic E-state index is -3.56. The Balaban J connectivity index is 1.51. The van der Waals surface area contributed by atoms with Gasteiger partial charge in [0.05, 0.1) is 4.90 Å². The van der Waals surface area contributed by atoms with E-state index in [1.54, 1.807) is 12.1 Å². The highest BCUT2D eigenvalue weighted by molar-refractivity contribution is 7.89. The van der Waals surface area contributed by atoms with Crippen molar-refractivity contribution in [3.63, 3.8) is 0 Å². The second-order valence-electron chi connectivity index (χ2n) is 7.55. The molecule has 1 heterocycles. The molecule has 7 nitrogen and oxygen atoms in total. The summed E-state index contributed by atoms with van der Waals surface area (Å²) in [6.07, 6.45) is 7.52. The van der Waals surface area contributed by atoms with Gasteiger partial charge in [0.1, 0.15) is 0 Å². The van der Waals surface area contributed by atoms with Crippen LogP contribution < -0.4 is 10.6 Å². The maximum atomic E-state index is 12.6. The SMILES string of the molecule is O=C(CCNC(=O)c1cccc(S(=O)(=O)N2CCCC2)c1)NC1CCCCC1. The number of nitrogens with one attached hydrogen (secondary N) is 2. The van der Waals surface area contributed by atoms with Crippen LogP contribution >= 0.6 is 0 Å². The van der Waals surface area contributed by atoms with Gasteiger partial charge in [-0.25, -0.2) is 8.42 Å². The minimum Gasteiger partial charge on any atom is -0.353 e. The minimum absolute atomic E-state index is 0.0578. The third-order valence-corrected chi connectivity index (χ3v) is 7.30. The van der Waals surface area contributed by atoms with Crippen LogP contribution in [0.15, 0.2) is 29.2 Å². The lowest BCUT2D eigenvalue weighted by atomic mass is 9.95. The van der Waals surface area contributed by atoms with Crippen molar-refractivity contribution in [2.45, 2.75) is 62.3 Å². The number of rotatable bonds is 7. The van der Waals surface area contributed by atoms with Gasteiger partial charge in [-0.2, -0.15) is 4.31 Å². The van der Waals surface area contributed by atoms with Gasteiger partial charge in [0.2, 0.25) is 15.9 Å². The lowest BCUT2D eigenvalue weighted by Crippen LogP contribution is -2.38. The first-order chi connectivity index (χ1) is 13.5. The number of sulfonamides is 1. The van der Waals surface area contributed by atoms with Crippen LogP contribution in [0.3, 0.4) is 0 Å². The number of carbonyl (C=O) groups is 2. The maximum absolute atomic E-state index is 12.6. The molecule has 0 spiro atoms. The van der Waals surface area contributed by atoms with E-state index in [-0.39, 0.29) is 41.3 Å². The summed E-state index contributed by atoms with van der Waals surface area (Å²) in [5.41, 5.74) is 0.285. The molecule has 8 heteroatoms. The third kappa shape index (κ3) is 5.32. The highest BCUT2D eigenvalue weighted by atomic mass is 32.2. The molecule has 1 aromatic rings. The van der Waals surface area contributed by atoms with E-state index in [1.165, 1.54) is 22.9 Å². The van der Waals surface area contributed by atoms with E-state index in [4.69, 9.17) is 0 Å². The molecule has 1 aliphatic heterocycles. The summed E-state index contributed by atoms with van der Waals surface area (Å²) in [4.78, 5) is 24.5. The molecule has 0 radical (unpaired) electrons. The van der Waals surface area contributed by atoms with Gasteiger partial charge in [0.25, 0.3) is 5.91 Å². The van der Waals surface area contributed by atoms with E-state index in [0.29, 0.717) is 13.1 Å². The van der Waals surface area contributed by atoms with Gasteiger partial charge >= 0.3 is 0 Å². The smallest absolute Gasteiger partial charge is 0.251 e. The van der Waals surface area contributed by atoms with E-state index in [0.717, 1.165) is 38.5 Å². The molecule has 1 aliphatic carbocycles. The highest BCUT2D eigenvalue weighted by Crippen LogP contribution is 2.21. The lowest BCUT2D eigenvalue weighted by Gasteiger charge is -2.22. The number of hydrogen-bond donors (Lipinski definition) is 2. The van der Waals surface area contributed by atoms with Crippen LogP contribution in [-0.4, -0.2) is 50.2 Å². The van der Waals surface area contributed by atoms with Crippen molar-refractivity contribution in [2.24, 2.45) is 0 Å². The van der Waals surface area contributed by atoms with Crippen molar-refractivity contribution in [1.82, 2.24) is 14.9 Å². The quantitative estimate of drug-likeness (QED) is 0.723. The van der Waals surface area contributed by atoms with Gasteiger partial charge in [0, 0.05) is 37.7 Å². The van der Waals surface area contributed by atoms with Gasteiger partial charge in [-0.15, -0.1) is 0 Å². The number of amides is 2. The van der Waals surface area contributed by atoms with Crippen molar-refractivity contribution in [3.05, 3.63) is 29.8 Å². The zero-order chi connectivity index (χ0) is 20.0. The molecule has 28 heavy (non-hydrogen) atoms. The van der Waals surface area contributed by atoms with Gasteiger partial charge in [0.15, 0.2) is 0 Å². The van der Waals surface area contributed by atoms with Crippen LogP contribution in [0.4, 0.5) is 0 Å². The number of carbonyl (C=O) groups excluding carboxylic acids is 2. The molecule has 1 aromatic carbocycles. The Labute approximate surface area is 166 Å². The molecule has 2 fully saturated rings. The van der Waals surface area contributed by atoms with Crippen molar-refractivity contribution in [3.8, 4) is 0 Å². The van der Waals surface area contributed by atoms with Crippen molar-refractivity contribution in [1.29, 1.82) is 0 Å². The molecule has 3 rings (SSSR count). The number of hydrogen-bond acceptors (Lipinski definition) is 4. The maximum Gasteiger partial charge on any atom is 0.251 e. The van der Waals surface area contributed by atoms with Crippen LogP contribution in [0, 0.1) is 0 Å². The molecule has 2 N–H and O–H groups in total. The molecule has 1 saturated carbocycles. The summed E-state index contributed by atoms with van der Waals surface area (Å²) in [5.74, 6) is -0.429. The Kier molecular flexibility index (Phi) is 7.07. The average Bonchev–Trinajstić information content (AvgIpc) is 3.24. The Morgan fingerprint density at radius 1 is 1.04 bits per heavy atom. The number of benzene rings is 1. The van der Waals surface area contributed by atoms with E-state index in [2.05, 4.69) is 10.6 Å². The van der Waals surface area contributed by atoms with Gasteiger partial charge in [-0.05, 0) is 43.9 Å². The lowest BCUT2D eigenvalue weighted by molar-refractivity contribution is -0.121. The summed E-state index contributed by atoms with van der Waals surface area (Å²) in [6, 6.07) is 6.34. The Hall–Kier alpha value is -1.93. The molecule has 2 aliphatic rings. The monoisotopic (exact) mass is 407 g/mol. The second-order valence-corrected chi connectivity index (χ2v) is 9.49.